The van der Waals surface area contributed by atoms with Crippen LogP contribution in [0.2, 0.25) is 0 Å². The summed E-state index contributed by atoms with van der Waals surface area (Å²) in [5.41, 5.74) is 8.15. The van der Waals surface area contributed by atoms with E-state index in [0.29, 0.717) is 0 Å². The van der Waals surface area contributed by atoms with Gasteiger partial charge < -0.3 is 20.6 Å². The highest BCUT2D eigenvalue weighted by molar-refractivity contribution is 5.55. The largest absolute Gasteiger partial charge is 0.394 e. The number of hydrogen-bond acceptors (Lipinski definition) is 4. The summed E-state index contributed by atoms with van der Waals surface area (Å²) in [7, 11) is 2.14. The van der Waals surface area contributed by atoms with Gasteiger partial charge in [0.1, 0.15) is 0 Å². The Balaban J connectivity index is 2.19. The van der Waals surface area contributed by atoms with E-state index in [0.717, 1.165) is 31.7 Å². The number of anilines is 1. The van der Waals surface area contributed by atoms with Crippen LogP contribution in [0.4, 0.5) is 5.69 Å². The molecule has 0 aromatic heterocycles. The van der Waals surface area contributed by atoms with Crippen LogP contribution in [-0.4, -0.2) is 49.8 Å². The Morgan fingerprint density at radius 1 is 1.24 bits per heavy atom. The number of aliphatic hydroxyl groups is 1. The SMILES string of the molecule is CN1CCN(c2ccccc2[C@H](N)CO)CC1. The highest BCUT2D eigenvalue weighted by Gasteiger charge is 2.18. The smallest absolute Gasteiger partial charge is 0.0625 e. The fourth-order valence-corrected chi connectivity index (χ4v) is 2.23. The third-order valence-electron chi connectivity index (χ3n) is 3.38. The predicted molar refractivity (Wildman–Crippen MR) is 70.2 cm³/mol. The van der Waals surface area contributed by atoms with Gasteiger partial charge in [-0.05, 0) is 18.7 Å². The molecule has 0 aliphatic carbocycles. The zero-order valence-corrected chi connectivity index (χ0v) is 10.3. The zero-order valence-electron chi connectivity index (χ0n) is 10.3. The Labute approximate surface area is 103 Å². The van der Waals surface area contributed by atoms with Gasteiger partial charge in [-0.15, -0.1) is 0 Å². The Kier molecular flexibility index (Phi) is 3.99. The first-order chi connectivity index (χ1) is 8.22. The van der Waals surface area contributed by atoms with E-state index in [4.69, 9.17) is 5.73 Å². The van der Waals surface area contributed by atoms with Gasteiger partial charge in [-0.25, -0.2) is 0 Å². The van der Waals surface area contributed by atoms with Crippen molar-refractivity contribution in [1.29, 1.82) is 0 Å². The number of nitrogens with zero attached hydrogens (tertiary/aromatic N) is 2. The molecule has 2 rings (SSSR count). The molecule has 0 saturated carbocycles. The maximum Gasteiger partial charge on any atom is 0.0625 e. The summed E-state index contributed by atoms with van der Waals surface area (Å²) in [6.07, 6.45) is 0. The molecule has 94 valence electrons. The summed E-state index contributed by atoms with van der Waals surface area (Å²) in [4.78, 5) is 4.68. The molecule has 17 heavy (non-hydrogen) atoms. The molecule has 1 aromatic carbocycles. The van der Waals surface area contributed by atoms with Crippen LogP contribution >= 0.6 is 0 Å². The van der Waals surface area contributed by atoms with E-state index in [1.54, 1.807) is 0 Å². The molecule has 1 saturated heterocycles. The van der Waals surface area contributed by atoms with E-state index in [9.17, 15) is 5.11 Å². The van der Waals surface area contributed by atoms with E-state index < -0.39 is 0 Å². The van der Waals surface area contributed by atoms with Crippen LogP contribution in [0.1, 0.15) is 11.6 Å². The minimum atomic E-state index is -0.286. The molecule has 0 spiro atoms. The number of likely N-dealkylation sites (N-methyl/N-ethyl adjacent to an activating group) is 1. The first-order valence-electron chi connectivity index (χ1n) is 6.11. The topological polar surface area (TPSA) is 52.7 Å². The van der Waals surface area contributed by atoms with Gasteiger partial charge in [-0.3, -0.25) is 0 Å². The van der Waals surface area contributed by atoms with Crippen LogP contribution in [0, 0.1) is 0 Å². The molecular weight excluding hydrogens is 214 g/mol. The average Bonchev–Trinajstić information content (AvgIpc) is 2.39. The van der Waals surface area contributed by atoms with Gasteiger partial charge in [0.15, 0.2) is 0 Å². The van der Waals surface area contributed by atoms with Gasteiger partial charge in [-0.1, -0.05) is 18.2 Å². The van der Waals surface area contributed by atoms with Crippen LogP contribution < -0.4 is 10.6 Å². The van der Waals surface area contributed by atoms with E-state index >= 15 is 0 Å². The Bertz CT molecular complexity index is 361. The lowest BCUT2D eigenvalue weighted by molar-refractivity contribution is 0.267. The Morgan fingerprint density at radius 2 is 1.88 bits per heavy atom. The van der Waals surface area contributed by atoms with Crippen molar-refractivity contribution in [1.82, 2.24) is 4.90 Å². The summed E-state index contributed by atoms with van der Waals surface area (Å²) < 4.78 is 0. The van der Waals surface area contributed by atoms with Gasteiger partial charge in [0.05, 0.1) is 12.6 Å². The second-order valence-electron chi connectivity index (χ2n) is 4.64. The highest BCUT2D eigenvalue weighted by atomic mass is 16.3. The molecular formula is C13H21N3O. The maximum atomic E-state index is 9.20. The first-order valence-corrected chi connectivity index (χ1v) is 6.11. The molecule has 1 aliphatic heterocycles. The highest BCUT2D eigenvalue weighted by Crippen LogP contribution is 2.25. The molecule has 0 bridgehead atoms. The van der Waals surface area contributed by atoms with E-state index in [-0.39, 0.29) is 12.6 Å². The minimum Gasteiger partial charge on any atom is -0.394 e. The molecule has 1 aliphatic rings. The van der Waals surface area contributed by atoms with Crippen molar-refractivity contribution >= 4 is 5.69 Å². The third-order valence-corrected chi connectivity index (χ3v) is 3.38. The first kappa shape index (κ1) is 12.4. The Hall–Kier alpha value is -1.10. The van der Waals surface area contributed by atoms with Crippen LogP contribution in [0.15, 0.2) is 24.3 Å². The summed E-state index contributed by atoms with van der Waals surface area (Å²) in [6, 6.07) is 7.82. The second kappa shape index (κ2) is 5.49. The fourth-order valence-electron chi connectivity index (χ4n) is 2.23. The molecule has 0 amide bonds. The lowest BCUT2D eigenvalue weighted by atomic mass is 10.0. The van der Waals surface area contributed by atoms with Crippen LogP contribution in [0.5, 0.6) is 0 Å². The monoisotopic (exact) mass is 235 g/mol. The molecule has 1 aromatic rings. The van der Waals surface area contributed by atoms with Crippen LogP contribution in [0.3, 0.4) is 0 Å². The number of nitrogens with two attached hydrogens (primary N) is 1. The molecule has 0 unspecified atom stereocenters. The van der Waals surface area contributed by atoms with Gasteiger partial charge in [0.2, 0.25) is 0 Å². The lowest BCUT2D eigenvalue weighted by Crippen LogP contribution is -2.45. The summed E-state index contributed by atoms with van der Waals surface area (Å²) >= 11 is 0. The van der Waals surface area contributed by atoms with E-state index in [1.807, 2.05) is 18.2 Å². The van der Waals surface area contributed by atoms with Gasteiger partial charge >= 0.3 is 0 Å². The van der Waals surface area contributed by atoms with E-state index in [1.165, 1.54) is 5.69 Å². The molecule has 1 atom stereocenters. The van der Waals surface area contributed by atoms with Crippen LogP contribution in [0.25, 0.3) is 0 Å². The standard InChI is InChI=1S/C13H21N3O/c1-15-6-8-16(9-7-15)13-5-3-2-4-11(13)12(14)10-17/h2-5,12,17H,6-10,14H2,1H3/t12-/m1/s1. The number of benzene rings is 1. The molecule has 1 fully saturated rings. The van der Waals surface area contributed by atoms with Crippen molar-refractivity contribution in [3.05, 3.63) is 29.8 Å². The molecule has 0 radical (unpaired) electrons. The summed E-state index contributed by atoms with van der Waals surface area (Å²) in [5.74, 6) is 0. The maximum absolute atomic E-state index is 9.20. The normalized spacial score (nSPS) is 19.4. The lowest BCUT2D eigenvalue weighted by Gasteiger charge is -2.35. The zero-order chi connectivity index (χ0) is 12.3. The Morgan fingerprint density at radius 3 is 2.53 bits per heavy atom. The fraction of sp³-hybridized carbons (Fsp3) is 0.538. The molecule has 1 heterocycles. The number of rotatable bonds is 3. The number of hydrogen-bond donors (Lipinski definition) is 2. The van der Waals surface area contributed by atoms with Crippen molar-refractivity contribution in [2.75, 3.05) is 44.7 Å². The van der Waals surface area contributed by atoms with Crippen molar-refractivity contribution in [2.45, 2.75) is 6.04 Å². The van der Waals surface area contributed by atoms with Gasteiger partial charge in [0.25, 0.3) is 0 Å². The van der Waals surface area contributed by atoms with Crippen molar-refractivity contribution in [3.63, 3.8) is 0 Å². The van der Waals surface area contributed by atoms with Crippen molar-refractivity contribution in [2.24, 2.45) is 5.73 Å². The van der Waals surface area contributed by atoms with Gasteiger partial charge in [0, 0.05) is 31.9 Å². The molecule has 4 nitrogen and oxygen atoms in total. The molecule has 3 N–H and O–H groups in total. The third kappa shape index (κ3) is 2.77. The quantitative estimate of drug-likeness (QED) is 0.798. The van der Waals surface area contributed by atoms with Crippen molar-refractivity contribution in [3.8, 4) is 0 Å². The van der Waals surface area contributed by atoms with Gasteiger partial charge in [-0.2, -0.15) is 0 Å². The van der Waals surface area contributed by atoms with Crippen molar-refractivity contribution < 1.29 is 5.11 Å². The summed E-state index contributed by atoms with van der Waals surface area (Å²) in [6.45, 7) is 4.17. The number of aliphatic hydroxyl groups excluding tert-OH is 1. The average molecular weight is 235 g/mol. The van der Waals surface area contributed by atoms with Crippen LogP contribution in [-0.2, 0) is 0 Å². The second-order valence-corrected chi connectivity index (χ2v) is 4.64. The minimum absolute atomic E-state index is 0.00917. The summed E-state index contributed by atoms with van der Waals surface area (Å²) in [5, 5.41) is 9.20. The predicted octanol–water partition coefficient (Wildman–Crippen LogP) is 0.431. The van der Waals surface area contributed by atoms with E-state index in [2.05, 4.69) is 22.9 Å². The molecule has 4 heteroatoms. The number of piperazine rings is 1. The number of para-hydroxylation sites is 1.